The van der Waals surface area contributed by atoms with Crippen molar-refractivity contribution >= 4 is 0 Å². The van der Waals surface area contributed by atoms with Crippen molar-refractivity contribution in [2.75, 3.05) is 6.61 Å². The van der Waals surface area contributed by atoms with Crippen molar-refractivity contribution in [2.24, 2.45) is 47.3 Å². The SMILES string of the molecule is OC1(C(F)(F)F)OCC2C3CC(C4C5CCC(C5)C34)C2C1(F)F. The fourth-order valence-corrected chi connectivity index (χ4v) is 7.28. The van der Waals surface area contributed by atoms with E-state index in [0.29, 0.717) is 24.2 Å². The second-order valence-corrected chi connectivity index (χ2v) is 8.32. The molecule has 4 saturated carbocycles. The van der Waals surface area contributed by atoms with Crippen LogP contribution in [0.15, 0.2) is 0 Å². The summed E-state index contributed by atoms with van der Waals surface area (Å²) in [4.78, 5) is 0. The maximum Gasteiger partial charge on any atom is 0.449 e. The van der Waals surface area contributed by atoms with E-state index in [-0.39, 0.29) is 11.8 Å². The van der Waals surface area contributed by atoms with Gasteiger partial charge in [0.2, 0.25) is 0 Å². The standard InChI is InChI=1S/C16H19F5O2/c17-14(18)13-9-4-8(11-6-1-2-7(3-6)12(9)11)10(13)5-23-15(14,22)16(19,20)21/h6-13,22H,1-5H2. The van der Waals surface area contributed by atoms with E-state index in [0.717, 1.165) is 19.3 Å². The van der Waals surface area contributed by atoms with E-state index < -0.39 is 42.2 Å². The van der Waals surface area contributed by atoms with Gasteiger partial charge in [-0.25, -0.2) is 0 Å². The van der Waals surface area contributed by atoms with Crippen LogP contribution < -0.4 is 0 Å². The molecule has 0 spiro atoms. The Kier molecular flexibility index (Phi) is 2.61. The van der Waals surface area contributed by atoms with Crippen molar-refractivity contribution in [1.82, 2.24) is 0 Å². The minimum atomic E-state index is -5.49. The second kappa shape index (κ2) is 4.03. The van der Waals surface area contributed by atoms with Crippen LogP contribution in [0.1, 0.15) is 25.7 Å². The number of rotatable bonds is 0. The van der Waals surface area contributed by atoms with Gasteiger partial charge < -0.3 is 9.84 Å². The third-order valence-electron chi connectivity index (χ3n) is 7.79. The summed E-state index contributed by atoms with van der Waals surface area (Å²) in [7, 11) is 0. The number of fused-ring (bicyclic) bond motifs is 12. The van der Waals surface area contributed by atoms with Gasteiger partial charge in [-0.15, -0.1) is 0 Å². The van der Waals surface area contributed by atoms with Crippen LogP contribution in [0.3, 0.4) is 0 Å². The summed E-state index contributed by atoms with van der Waals surface area (Å²) in [5.41, 5.74) is 0. The molecule has 1 N–H and O–H groups in total. The molecule has 5 aliphatic rings. The van der Waals surface area contributed by atoms with E-state index in [1.807, 2.05) is 0 Å². The van der Waals surface area contributed by atoms with Gasteiger partial charge in [0.1, 0.15) is 0 Å². The number of hydrogen-bond acceptors (Lipinski definition) is 2. The number of alkyl halides is 5. The molecule has 0 amide bonds. The normalized spacial score (nSPS) is 59.2. The Balaban J connectivity index is 1.54. The van der Waals surface area contributed by atoms with Crippen molar-refractivity contribution in [1.29, 1.82) is 0 Å². The molecule has 0 aromatic heterocycles. The summed E-state index contributed by atoms with van der Waals surface area (Å²) in [6.07, 6.45) is -1.69. The Labute approximate surface area is 130 Å². The molecular weight excluding hydrogens is 319 g/mol. The van der Waals surface area contributed by atoms with Crippen LogP contribution in [-0.4, -0.2) is 29.6 Å². The zero-order chi connectivity index (χ0) is 16.4. The van der Waals surface area contributed by atoms with E-state index in [9.17, 15) is 27.1 Å². The molecule has 23 heavy (non-hydrogen) atoms. The Bertz CT molecular complexity index is 549. The van der Waals surface area contributed by atoms with Crippen LogP contribution >= 0.6 is 0 Å². The Morgan fingerprint density at radius 2 is 1.52 bits per heavy atom. The quantitative estimate of drug-likeness (QED) is 0.542. The molecule has 5 fully saturated rings. The number of ether oxygens (including phenoxy) is 1. The van der Waals surface area contributed by atoms with Gasteiger partial charge in [-0.3, -0.25) is 0 Å². The fraction of sp³-hybridized carbons (Fsp3) is 1.00. The first-order chi connectivity index (χ1) is 10.7. The lowest BCUT2D eigenvalue weighted by molar-refractivity contribution is -0.463. The molecule has 0 aromatic carbocycles. The zero-order valence-corrected chi connectivity index (χ0v) is 12.4. The van der Waals surface area contributed by atoms with Crippen molar-refractivity contribution in [3.63, 3.8) is 0 Å². The summed E-state index contributed by atoms with van der Waals surface area (Å²) in [6.45, 7) is -0.405. The van der Waals surface area contributed by atoms with Crippen LogP contribution in [0, 0.1) is 47.3 Å². The van der Waals surface area contributed by atoms with Crippen LogP contribution in [0.25, 0.3) is 0 Å². The summed E-state index contributed by atoms with van der Waals surface area (Å²) in [5.74, 6) is -9.38. The first kappa shape index (κ1) is 14.9. The Morgan fingerprint density at radius 1 is 0.913 bits per heavy atom. The first-order valence-corrected chi connectivity index (χ1v) is 8.47. The third kappa shape index (κ3) is 1.49. The number of aliphatic hydroxyl groups is 1. The van der Waals surface area contributed by atoms with E-state index in [1.54, 1.807) is 0 Å². The molecule has 0 radical (unpaired) electrons. The molecule has 130 valence electrons. The van der Waals surface area contributed by atoms with Gasteiger partial charge in [0.25, 0.3) is 0 Å². The van der Waals surface area contributed by atoms with Crippen molar-refractivity contribution < 1.29 is 31.8 Å². The highest BCUT2D eigenvalue weighted by Gasteiger charge is 2.81. The minimum Gasteiger partial charge on any atom is -0.354 e. The van der Waals surface area contributed by atoms with Crippen molar-refractivity contribution in [3.05, 3.63) is 0 Å². The predicted molar refractivity (Wildman–Crippen MR) is 68.3 cm³/mol. The highest BCUT2D eigenvalue weighted by molar-refractivity contribution is 5.18. The molecule has 4 bridgehead atoms. The Hall–Kier alpha value is -0.430. The third-order valence-corrected chi connectivity index (χ3v) is 7.79. The molecule has 1 saturated heterocycles. The van der Waals surface area contributed by atoms with Crippen molar-refractivity contribution in [2.45, 2.75) is 43.6 Å². The van der Waals surface area contributed by atoms with Gasteiger partial charge in [-0.2, -0.15) is 22.0 Å². The average molecular weight is 338 g/mol. The van der Waals surface area contributed by atoms with E-state index in [1.165, 1.54) is 0 Å². The average Bonchev–Trinajstić information content (AvgIpc) is 3.17. The molecule has 4 aliphatic carbocycles. The highest BCUT2D eigenvalue weighted by Crippen LogP contribution is 2.74. The summed E-state index contributed by atoms with van der Waals surface area (Å²) in [5, 5.41) is 9.69. The Morgan fingerprint density at radius 3 is 2.13 bits per heavy atom. The van der Waals surface area contributed by atoms with Gasteiger partial charge >= 0.3 is 17.9 Å². The van der Waals surface area contributed by atoms with E-state index in [2.05, 4.69) is 4.74 Å². The van der Waals surface area contributed by atoms with Gasteiger partial charge in [0, 0.05) is 5.92 Å². The van der Waals surface area contributed by atoms with Gasteiger partial charge in [0.05, 0.1) is 6.61 Å². The monoisotopic (exact) mass is 338 g/mol. The van der Waals surface area contributed by atoms with Crippen LogP contribution in [0.4, 0.5) is 22.0 Å². The fourth-order valence-electron chi connectivity index (χ4n) is 7.28. The molecule has 5 rings (SSSR count). The topological polar surface area (TPSA) is 29.5 Å². The largest absolute Gasteiger partial charge is 0.449 e. The van der Waals surface area contributed by atoms with Crippen LogP contribution in [0.5, 0.6) is 0 Å². The molecule has 0 aromatic rings. The van der Waals surface area contributed by atoms with Crippen molar-refractivity contribution in [3.8, 4) is 0 Å². The van der Waals surface area contributed by atoms with E-state index in [4.69, 9.17) is 0 Å². The molecule has 1 aliphatic heterocycles. The van der Waals surface area contributed by atoms with Crippen LogP contribution in [0.2, 0.25) is 0 Å². The summed E-state index contributed by atoms with van der Waals surface area (Å²) in [6, 6.07) is 0. The second-order valence-electron chi connectivity index (χ2n) is 8.32. The number of hydrogen-bond donors (Lipinski definition) is 1. The van der Waals surface area contributed by atoms with Gasteiger partial charge in [0.15, 0.2) is 0 Å². The predicted octanol–water partition coefficient (Wildman–Crippen LogP) is 3.45. The van der Waals surface area contributed by atoms with Gasteiger partial charge in [-0.1, -0.05) is 0 Å². The van der Waals surface area contributed by atoms with Crippen LogP contribution in [-0.2, 0) is 4.74 Å². The first-order valence-electron chi connectivity index (χ1n) is 8.47. The summed E-state index contributed by atoms with van der Waals surface area (Å²) >= 11 is 0. The smallest absolute Gasteiger partial charge is 0.354 e. The van der Waals surface area contributed by atoms with E-state index >= 15 is 0 Å². The lowest BCUT2D eigenvalue weighted by Crippen LogP contribution is -2.69. The minimum absolute atomic E-state index is 0.0500. The van der Waals surface area contributed by atoms with Gasteiger partial charge in [-0.05, 0) is 67.1 Å². The maximum absolute atomic E-state index is 14.8. The molecule has 7 heteroatoms. The highest BCUT2D eigenvalue weighted by atomic mass is 19.4. The molecule has 2 nitrogen and oxygen atoms in total. The number of halogens is 5. The maximum atomic E-state index is 14.8. The molecule has 1 heterocycles. The molecule has 9 atom stereocenters. The lowest BCUT2D eigenvalue weighted by Gasteiger charge is -2.52. The lowest BCUT2D eigenvalue weighted by atomic mass is 9.60. The summed E-state index contributed by atoms with van der Waals surface area (Å²) < 4.78 is 73.2. The zero-order valence-electron chi connectivity index (χ0n) is 12.4. The molecular formula is C16H19F5O2. The molecule has 9 unspecified atom stereocenters.